The maximum absolute atomic E-state index is 11.7. The van der Waals surface area contributed by atoms with E-state index in [2.05, 4.69) is 5.32 Å². The molecular formula is C12H24N2O3. The highest BCUT2D eigenvalue weighted by Gasteiger charge is 2.25. The van der Waals surface area contributed by atoms with Crippen molar-refractivity contribution >= 4 is 11.9 Å². The zero-order valence-corrected chi connectivity index (χ0v) is 10.9. The lowest BCUT2D eigenvalue weighted by Crippen LogP contribution is -2.50. The van der Waals surface area contributed by atoms with E-state index in [1.54, 1.807) is 0 Å². The van der Waals surface area contributed by atoms with E-state index in [9.17, 15) is 9.59 Å². The third-order valence-corrected chi connectivity index (χ3v) is 3.02. The third-order valence-electron chi connectivity index (χ3n) is 3.02. The summed E-state index contributed by atoms with van der Waals surface area (Å²) >= 11 is 0. The Balaban J connectivity index is 4.34. The molecule has 0 saturated carbocycles. The van der Waals surface area contributed by atoms with Gasteiger partial charge in [-0.1, -0.05) is 40.0 Å². The molecular weight excluding hydrogens is 220 g/mol. The molecule has 0 aliphatic carbocycles. The van der Waals surface area contributed by atoms with Crippen LogP contribution in [0.25, 0.3) is 0 Å². The van der Waals surface area contributed by atoms with Crippen LogP contribution in [0.5, 0.6) is 0 Å². The molecule has 0 aromatic carbocycles. The second-order valence-electron chi connectivity index (χ2n) is 4.45. The SMILES string of the molecule is CCCCC(NC(=O)C(N)C(C)CC)C(=O)O. The number of unbranched alkanes of at least 4 members (excludes halogenated alkanes) is 1. The molecule has 0 heterocycles. The zero-order valence-electron chi connectivity index (χ0n) is 10.9. The topological polar surface area (TPSA) is 92.4 Å². The Hall–Kier alpha value is -1.10. The first-order valence-corrected chi connectivity index (χ1v) is 6.22. The summed E-state index contributed by atoms with van der Waals surface area (Å²) < 4.78 is 0. The van der Waals surface area contributed by atoms with Gasteiger partial charge in [0, 0.05) is 0 Å². The van der Waals surface area contributed by atoms with Gasteiger partial charge in [-0.05, 0) is 12.3 Å². The summed E-state index contributed by atoms with van der Waals surface area (Å²) in [5.74, 6) is -1.32. The first-order valence-electron chi connectivity index (χ1n) is 6.22. The average Bonchev–Trinajstić information content (AvgIpc) is 2.31. The molecule has 0 aromatic rings. The van der Waals surface area contributed by atoms with E-state index in [4.69, 9.17) is 10.8 Å². The fourth-order valence-corrected chi connectivity index (χ4v) is 1.45. The summed E-state index contributed by atoms with van der Waals surface area (Å²) in [6.45, 7) is 5.81. The summed E-state index contributed by atoms with van der Waals surface area (Å²) in [5, 5.41) is 11.5. The number of carbonyl (C=O) groups excluding carboxylic acids is 1. The van der Waals surface area contributed by atoms with Crippen LogP contribution < -0.4 is 11.1 Å². The number of hydrogen-bond acceptors (Lipinski definition) is 3. The summed E-state index contributed by atoms with van der Waals surface area (Å²) in [5.41, 5.74) is 5.74. The van der Waals surface area contributed by atoms with Crippen LogP contribution in [-0.2, 0) is 9.59 Å². The molecule has 4 N–H and O–H groups in total. The van der Waals surface area contributed by atoms with Crippen molar-refractivity contribution < 1.29 is 14.7 Å². The van der Waals surface area contributed by atoms with Gasteiger partial charge in [-0.25, -0.2) is 4.79 Å². The lowest BCUT2D eigenvalue weighted by molar-refractivity contribution is -0.142. The molecule has 0 aromatic heterocycles. The predicted octanol–water partition coefficient (Wildman–Crippen LogP) is 1.12. The van der Waals surface area contributed by atoms with Crippen molar-refractivity contribution in [1.82, 2.24) is 5.32 Å². The minimum atomic E-state index is -0.997. The standard InChI is InChI=1S/C12H24N2O3/c1-4-6-7-9(12(16)17)14-11(15)10(13)8(3)5-2/h8-10H,4-7,13H2,1-3H3,(H,14,15)(H,16,17). The number of rotatable bonds is 8. The largest absolute Gasteiger partial charge is 0.480 e. The van der Waals surface area contributed by atoms with Crippen molar-refractivity contribution in [2.24, 2.45) is 11.7 Å². The molecule has 0 spiro atoms. The second-order valence-corrected chi connectivity index (χ2v) is 4.45. The van der Waals surface area contributed by atoms with Crippen molar-refractivity contribution in [3.63, 3.8) is 0 Å². The Morgan fingerprint density at radius 2 is 1.94 bits per heavy atom. The molecule has 0 fully saturated rings. The lowest BCUT2D eigenvalue weighted by Gasteiger charge is -2.21. The van der Waals surface area contributed by atoms with Crippen LogP contribution in [0.3, 0.4) is 0 Å². The first kappa shape index (κ1) is 15.9. The number of hydrogen-bond donors (Lipinski definition) is 3. The number of carboxylic acids is 1. The summed E-state index contributed by atoms with van der Waals surface area (Å²) in [4.78, 5) is 22.7. The molecule has 3 unspecified atom stereocenters. The van der Waals surface area contributed by atoms with Crippen LogP contribution in [0.2, 0.25) is 0 Å². The summed E-state index contributed by atoms with van der Waals surface area (Å²) in [7, 11) is 0. The number of carboxylic acid groups (broad SMARTS) is 1. The van der Waals surface area contributed by atoms with Crippen molar-refractivity contribution in [3.8, 4) is 0 Å². The van der Waals surface area contributed by atoms with Gasteiger partial charge in [0.25, 0.3) is 0 Å². The molecule has 0 bridgehead atoms. The highest BCUT2D eigenvalue weighted by atomic mass is 16.4. The monoisotopic (exact) mass is 244 g/mol. The highest BCUT2D eigenvalue weighted by Crippen LogP contribution is 2.07. The van der Waals surface area contributed by atoms with E-state index in [-0.39, 0.29) is 11.8 Å². The number of aliphatic carboxylic acids is 1. The minimum absolute atomic E-state index is 0.0515. The van der Waals surface area contributed by atoms with Crippen LogP contribution in [0.1, 0.15) is 46.5 Å². The zero-order chi connectivity index (χ0) is 13.4. The Morgan fingerprint density at radius 3 is 2.35 bits per heavy atom. The summed E-state index contributed by atoms with van der Waals surface area (Å²) in [6, 6.07) is -1.46. The number of amides is 1. The minimum Gasteiger partial charge on any atom is -0.480 e. The van der Waals surface area contributed by atoms with E-state index >= 15 is 0 Å². The van der Waals surface area contributed by atoms with E-state index in [0.29, 0.717) is 6.42 Å². The molecule has 0 radical (unpaired) electrons. The molecule has 0 aliphatic heterocycles. The Morgan fingerprint density at radius 1 is 1.35 bits per heavy atom. The molecule has 0 rings (SSSR count). The van der Waals surface area contributed by atoms with Crippen LogP contribution in [0.15, 0.2) is 0 Å². The fourth-order valence-electron chi connectivity index (χ4n) is 1.45. The molecule has 5 heteroatoms. The van der Waals surface area contributed by atoms with Crippen molar-refractivity contribution in [2.75, 3.05) is 0 Å². The molecule has 5 nitrogen and oxygen atoms in total. The normalized spacial score (nSPS) is 16.0. The Bertz CT molecular complexity index is 256. The van der Waals surface area contributed by atoms with Crippen LogP contribution in [-0.4, -0.2) is 29.1 Å². The molecule has 0 saturated heterocycles. The van der Waals surface area contributed by atoms with Crippen molar-refractivity contribution in [2.45, 2.75) is 58.5 Å². The van der Waals surface area contributed by atoms with Gasteiger partial charge in [0.05, 0.1) is 6.04 Å². The maximum atomic E-state index is 11.7. The van der Waals surface area contributed by atoms with Gasteiger partial charge in [0.1, 0.15) is 6.04 Å². The van der Waals surface area contributed by atoms with Gasteiger partial charge in [0.2, 0.25) is 5.91 Å². The molecule has 17 heavy (non-hydrogen) atoms. The lowest BCUT2D eigenvalue weighted by atomic mass is 9.99. The van der Waals surface area contributed by atoms with Gasteiger partial charge in [-0.15, -0.1) is 0 Å². The van der Waals surface area contributed by atoms with Crippen LogP contribution >= 0.6 is 0 Å². The van der Waals surface area contributed by atoms with Crippen LogP contribution in [0, 0.1) is 5.92 Å². The summed E-state index contributed by atoms with van der Waals surface area (Å²) in [6.07, 6.45) is 2.92. The number of carbonyl (C=O) groups is 2. The van der Waals surface area contributed by atoms with E-state index in [1.807, 2.05) is 20.8 Å². The van der Waals surface area contributed by atoms with Gasteiger partial charge in [-0.3, -0.25) is 4.79 Å². The van der Waals surface area contributed by atoms with Gasteiger partial charge in [-0.2, -0.15) is 0 Å². The van der Waals surface area contributed by atoms with Gasteiger partial charge < -0.3 is 16.2 Å². The number of nitrogens with two attached hydrogens (primary N) is 1. The quantitative estimate of drug-likeness (QED) is 0.596. The van der Waals surface area contributed by atoms with E-state index in [1.165, 1.54) is 0 Å². The highest BCUT2D eigenvalue weighted by molar-refractivity contribution is 5.86. The van der Waals surface area contributed by atoms with E-state index < -0.39 is 18.1 Å². The molecule has 1 amide bonds. The number of nitrogens with one attached hydrogen (secondary N) is 1. The Labute approximate surface area is 103 Å². The first-order chi connectivity index (χ1) is 7.93. The predicted molar refractivity (Wildman–Crippen MR) is 66.5 cm³/mol. The molecule has 3 atom stereocenters. The molecule has 0 aliphatic rings. The van der Waals surface area contributed by atoms with Crippen molar-refractivity contribution in [1.29, 1.82) is 0 Å². The van der Waals surface area contributed by atoms with Crippen LogP contribution in [0.4, 0.5) is 0 Å². The van der Waals surface area contributed by atoms with E-state index in [0.717, 1.165) is 19.3 Å². The average molecular weight is 244 g/mol. The molecule has 100 valence electrons. The maximum Gasteiger partial charge on any atom is 0.326 e. The Kier molecular flexibility index (Phi) is 7.54. The second kappa shape index (κ2) is 8.06. The van der Waals surface area contributed by atoms with Gasteiger partial charge >= 0.3 is 5.97 Å². The third kappa shape index (κ3) is 5.68. The van der Waals surface area contributed by atoms with Crippen molar-refractivity contribution in [3.05, 3.63) is 0 Å². The fraction of sp³-hybridized carbons (Fsp3) is 0.833. The van der Waals surface area contributed by atoms with Gasteiger partial charge in [0.15, 0.2) is 0 Å². The smallest absolute Gasteiger partial charge is 0.326 e.